The van der Waals surface area contributed by atoms with Gasteiger partial charge in [-0.25, -0.2) is 9.97 Å². The first-order chi connectivity index (χ1) is 9.77. The molecule has 0 radical (unpaired) electrons. The van der Waals surface area contributed by atoms with Crippen LogP contribution in [0.5, 0.6) is 0 Å². The number of benzene rings is 1. The zero-order valence-electron chi connectivity index (χ0n) is 11.5. The molecule has 0 aliphatic heterocycles. The maximum Gasteiger partial charge on any atom is 0.141 e. The van der Waals surface area contributed by atoms with Crippen LogP contribution in [0.3, 0.4) is 0 Å². The van der Waals surface area contributed by atoms with Gasteiger partial charge in [0.2, 0.25) is 0 Å². The molecule has 0 aliphatic rings. The number of nitrogens with two attached hydrogens (primary N) is 1. The Morgan fingerprint density at radius 1 is 1.25 bits per heavy atom. The lowest BCUT2D eigenvalue weighted by Gasteiger charge is -2.25. The fourth-order valence-corrected chi connectivity index (χ4v) is 2.12. The normalized spacial score (nSPS) is 10.0. The number of nitrogens with zero attached hydrogens (tertiary/aromatic N) is 4. The molecule has 0 saturated carbocycles. The van der Waals surface area contributed by atoms with E-state index < -0.39 is 0 Å². The van der Waals surface area contributed by atoms with E-state index in [1.54, 1.807) is 0 Å². The number of rotatable bonds is 5. The highest BCUT2D eigenvalue weighted by atomic mass is 15.2. The molecule has 2 rings (SSSR count). The van der Waals surface area contributed by atoms with Crippen LogP contribution in [-0.2, 0) is 6.42 Å². The molecular weight excluding hydrogens is 250 g/mol. The zero-order valence-corrected chi connectivity index (χ0v) is 11.5. The summed E-state index contributed by atoms with van der Waals surface area (Å²) >= 11 is 0. The summed E-state index contributed by atoms with van der Waals surface area (Å²) in [4.78, 5) is 10.4. The molecule has 2 N–H and O–H groups in total. The van der Waals surface area contributed by atoms with Crippen LogP contribution in [0.4, 0.5) is 17.3 Å². The van der Waals surface area contributed by atoms with Gasteiger partial charge in [0.1, 0.15) is 18.0 Å². The van der Waals surface area contributed by atoms with Crippen molar-refractivity contribution in [1.29, 1.82) is 5.26 Å². The van der Waals surface area contributed by atoms with Gasteiger partial charge in [-0.15, -0.1) is 0 Å². The monoisotopic (exact) mass is 267 g/mol. The second kappa shape index (κ2) is 6.53. The quantitative estimate of drug-likeness (QED) is 0.901. The van der Waals surface area contributed by atoms with E-state index in [9.17, 15) is 0 Å². The molecule has 5 nitrogen and oxygen atoms in total. The van der Waals surface area contributed by atoms with Crippen LogP contribution in [0.2, 0.25) is 0 Å². The van der Waals surface area contributed by atoms with Crippen LogP contribution < -0.4 is 10.6 Å². The summed E-state index contributed by atoms with van der Waals surface area (Å²) in [5.41, 5.74) is 7.84. The van der Waals surface area contributed by atoms with Gasteiger partial charge in [0.05, 0.1) is 12.5 Å². The highest BCUT2D eigenvalue weighted by Gasteiger charge is 2.16. The Hall–Kier alpha value is -2.61. The van der Waals surface area contributed by atoms with Gasteiger partial charge in [0.25, 0.3) is 0 Å². The van der Waals surface area contributed by atoms with E-state index in [1.807, 2.05) is 42.2 Å². The Labute approximate surface area is 118 Å². The number of anilines is 3. The maximum atomic E-state index is 8.86. The molecule has 5 heteroatoms. The lowest BCUT2D eigenvalue weighted by Crippen LogP contribution is -2.21. The van der Waals surface area contributed by atoms with E-state index in [4.69, 9.17) is 11.0 Å². The van der Waals surface area contributed by atoms with E-state index in [0.29, 0.717) is 18.8 Å². The average Bonchev–Trinajstić information content (AvgIpc) is 2.49. The van der Waals surface area contributed by atoms with E-state index in [2.05, 4.69) is 16.0 Å². The molecule has 0 atom stereocenters. The van der Waals surface area contributed by atoms with Crippen LogP contribution >= 0.6 is 0 Å². The van der Waals surface area contributed by atoms with Crippen molar-refractivity contribution in [2.75, 3.05) is 17.2 Å². The van der Waals surface area contributed by atoms with Gasteiger partial charge in [-0.2, -0.15) is 5.26 Å². The number of hydrogen-bond acceptors (Lipinski definition) is 5. The van der Waals surface area contributed by atoms with Crippen LogP contribution in [0.15, 0.2) is 36.7 Å². The molecule has 20 heavy (non-hydrogen) atoms. The van der Waals surface area contributed by atoms with Crippen molar-refractivity contribution in [1.82, 2.24) is 9.97 Å². The standard InChI is InChI=1S/C15H17N5/c1-2-13-14(17)18-11-19-15(13)20(10-6-9-16)12-7-4-3-5-8-12/h3-5,7-8,11H,2,6,10H2,1H3,(H2,17,18,19). The van der Waals surface area contributed by atoms with Crippen molar-refractivity contribution in [2.45, 2.75) is 19.8 Å². The molecule has 0 fully saturated rings. The predicted molar refractivity (Wildman–Crippen MR) is 79.5 cm³/mol. The molecule has 1 aromatic carbocycles. The Morgan fingerprint density at radius 3 is 2.65 bits per heavy atom. The second-order valence-corrected chi connectivity index (χ2v) is 4.31. The minimum absolute atomic E-state index is 0.419. The third-order valence-corrected chi connectivity index (χ3v) is 3.08. The first-order valence-electron chi connectivity index (χ1n) is 6.56. The third kappa shape index (κ3) is 2.86. The maximum absolute atomic E-state index is 8.86. The van der Waals surface area contributed by atoms with Gasteiger partial charge in [-0.1, -0.05) is 25.1 Å². The Bertz CT molecular complexity index is 603. The Kier molecular flexibility index (Phi) is 4.51. The lowest BCUT2D eigenvalue weighted by molar-refractivity contribution is 0.901. The molecule has 102 valence electrons. The van der Waals surface area contributed by atoms with Gasteiger partial charge in [-0.3, -0.25) is 0 Å². The summed E-state index contributed by atoms with van der Waals surface area (Å²) in [6, 6.07) is 12.0. The van der Waals surface area contributed by atoms with E-state index in [-0.39, 0.29) is 0 Å². The molecular formula is C15H17N5. The highest BCUT2D eigenvalue weighted by Crippen LogP contribution is 2.28. The fraction of sp³-hybridized carbons (Fsp3) is 0.267. The minimum Gasteiger partial charge on any atom is -0.383 e. The zero-order chi connectivity index (χ0) is 14.4. The predicted octanol–water partition coefficient (Wildman–Crippen LogP) is 2.67. The average molecular weight is 267 g/mol. The summed E-state index contributed by atoms with van der Waals surface area (Å²) in [6.07, 6.45) is 2.63. The van der Waals surface area contributed by atoms with Crippen LogP contribution in [0, 0.1) is 11.3 Å². The largest absolute Gasteiger partial charge is 0.383 e. The van der Waals surface area contributed by atoms with Crippen molar-refractivity contribution in [3.05, 3.63) is 42.2 Å². The van der Waals surface area contributed by atoms with Crippen LogP contribution in [0.25, 0.3) is 0 Å². The second-order valence-electron chi connectivity index (χ2n) is 4.31. The van der Waals surface area contributed by atoms with Gasteiger partial charge < -0.3 is 10.6 Å². The number of nitrogen functional groups attached to an aromatic ring is 1. The van der Waals surface area contributed by atoms with Gasteiger partial charge in [0.15, 0.2) is 0 Å². The summed E-state index contributed by atoms with van der Waals surface area (Å²) in [5.74, 6) is 1.27. The van der Waals surface area contributed by atoms with E-state index >= 15 is 0 Å². The minimum atomic E-state index is 0.419. The highest BCUT2D eigenvalue weighted by molar-refractivity contribution is 5.66. The fourth-order valence-electron chi connectivity index (χ4n) is 2.12. The SMILES string of the molecule is CCc1c(N)ncnc1N(CCC#N)c1ccccc1. The molecule has 0 amide bonds. The molecule has 1 heterocycles. The first-order valence-corrected chi connectivity index (χ1v) is 6.56. The Morgan fingerprint density at radius 2 is 2.00 bits per heavy atom. The number of nitriles is 1. The summed E-state index contributed by atoms with van der Waals surface area (Å²) in [6.45, 7) is 2.59. The lowest BCUT2D eigenvalue weighted by atomic mass is 10.2. The molecule has 2 aromatic rings. The van der Waals surface area contributed by atoms with Crippen LogP contribution in [0.1, 0.15) is 18.9 Å². The summed E-state index contributed by atoms with van der Waals surface area (Å²) in [7, 11) is 0. The molecule has 1 aromatic heterocycles. The van der Waals surface area contributed by atoms with Gasteiger partial charge >= 0.3 is 0 Å². The number of hydrogen-bond donors (Lipinski definition) is 1. The molecule has 0 saturated heterocycles. The van der Waals surface area contributed by atoms with Crippen LogP contribution in [-0.4, -0.2) is 16.5 Å². The first kappa shape index (κ1) is 13.8. The van der Waals surface area contributed by atoms with Gasteiger partial charge in [-0.05, 0) is 18.6 Å². The molecule has 0 unspecified atom stereocenters. The smallest absolute Gasteiger partial charge is 0.141 e. The van der Waals surface area contributed by atoms with Crippen molar-refractivity contribution in [3.63, 3.8) is 0 Å². The van der Waals surface area contributed by atoms with E-state index in [1.165, 1.54) is 6.33 Å². The molecule has 0 bridgehead atoms. The number of aromatic nitrogens is 2. The molecule has 0 aliphatic carbocycles. The summed E-state index contributed by atoms with van der Waals surface area (Å²) < 4.78 is 0. The van der Waals surface area contributed by atoms with Crippen molar-refractivity contribution in [3.8, 4) is 6.07 Å². The van der Waals surface area contributed by atoms with Crippen molar-refractivity contribution in [2.24, 2.45) is 0 Å². The summed E-state index contributed by atoms with van der Waals surface area (Å²) in [5, 5.41) is 8.86. The van der Waals surface area contributed by atoms with Crippen molar-refractivity contribution < 1.29 is 0 Å². The number of para-hydroxylation sites is 1. The Balaban J connectivity index is 2.47. The van der Waals surface area contributed by atoms with Crippen molar-refractivity contribution >= 4 is 17.3 Å². The molecule has 0 spiro atoms. The topological polar surface area (TPSA) is 78.8 Å². The van der Waals surface area contributed by atoms with E-state index in [0.717, 1.165) is 23.5 Å². The third-order valence-electron chi connectivity index (χ3n) is 3.08. The van der Waals surface area contributed by atoms with Gasteiger partial charge in [0, 0.05) is 17.8 Å².